The van der Waals surface area contributed by atoms with Gasteiger partial charge in [0.15, 0.2) is 0 Å². The zero-order valence-corrected chi connectivity index (χ0v) is 15.9. The van der Waals surface area contributed by atoms with Crippen LogP contribution in [-0.4, -0.2) is 34.9 Å². The van der Waals surface area contributed by atoms with Crippen LogP contribution in [-0.2, 0) is 0 Å². The van der Waals surface area contributed by atoms with Crippen molar-refractivity contribution in [1.82, 2.24) is 9.88 Å². The van der Waals surface area contributed by atoms with Crippen LogP contribution in [0.2, 0.25) is 0 Å². The highest BCUT2D eigenvalue weighted by Gasteiger charge is 2.42. The van der Waals surface area contributed by atoms with Gasteiger partial charge in [0, 0.05) is 34.7 Å². The molecule has 0 spiro atoms. The van der Waals surface area contributed by atoms with E-state index in [2.05, 4.69) is 20.9 Å². The molecule has 4 nitrogen and oxygen atoms in total. The number of nitrogens with two attached hydrogens (primary N) is 1. The van der Waals surface area contributed by atoms with Crippen molar-refractivity contribution in [2.24, 2.45) is 17.6 Å². The van der Waals surface area contributed by atoms with E-state index in [-0.39, 0.29) is 24.4 Å². The maximum Gasteiger partial charge on any atom is 0.254 e. The maximum absolute atomic E-state index is 13.1. The first kappa shape index (κ1) is 17.6. The minimum absolute atomic E-state index is 0. The van der Waals surface area contributed by atoms with Crippen molar-refractivity contribution in [3.05, 3.63) is 40.0 Å². The summed E-state index contributed by atoms with van der Waals surface area (Å²) in [5.74, 6) is 1.16. The van der Waals surface area contributed by atoms with Crippen LogP contribution in [0.15, 0.2) is 28.7 Å². The van der Waals surface area contributed by atoms with Crippen molar-refractivity contribution in [3.8, 4) is 0 Å². The van der Waals surface area contributed by atoms with Gasteiger partial charge in [0.2, 0.25) is 0 Å². The fraction of sp³-hybridized carbons (Fsp3) is 0.444. The Hall–Kier alpha value is -1.17. The van der Waals surface area contributed by atoms with E-state index in [1.54, 1.807) is 0 Å². The van der Waals surface area contributed by atoms with Crippen LogP contribution >= 0.6 is 28.3 Å². The fourth-order valence-electron chi connectivity index (χ4n) is 4.15. The lowest BCUT2D eigenvalue weighted by Gasteiger charge is -2.20. The van der Waals surface area contributed by atoms with Crippen LogP contribution in [0.25, 0.3) is 10.9 Å². The molecule has 128 valence electrons. The molecule has 4 rings (SSSR count). The number of rotatable bonds is 1. The molecule has 0 radical (unpaired) electrons. The first-order valence-electron chi connectivity index (χ1n) is 8.14. The van der Waals surface area contributed by atoms with Crippen molar-refractivity contribution in [3.63, 3.8) is 0 Å². The highest BCUT2D eigenvalue weighted by atomic mass is 79.9. The Balaban J connectivity index is 0.00000169. The van der Waals surface area contributed by atoms with E-state index in [0.717, 1.165) is 52.6 Å². The Morgan fingerprint density at radius 1 is 1.29 bits per heavy atom. The van der Waals surface area contributed by atoms with Crippen LogP contribution in [0.5, 0.6) is 0 Å². The number of benzene rings is 1. The van der Waals surface area contributed by atoms with Crippen molar-refractivity contribution < 1.29 is 4.79 Å². The predicted octanol–water partition coefficient (Wildman–Crippen LogP) is 3.54. The minimum Gasteiger partial charge on any atom is -0.338 e. The van der Waals surface area contributed by atoms with Gasteiger partial charge in [0.25, 0.3) is 5.91 Å². The number of hydrogen-bond donors (Lipinski definition) is 1. The quantitative estimate of drug-likeness (QED) is 0.782. The number of amides is 1. The number of halogens is 2. The molecule has 2 N–H and O–H groups in total. The zero-order chi connectivity index (χ0) is 16.1. The van der Waals surface area contributed by atoms with Crippen molar-refractivity contribution in [1.29, 1.82) is 0 Å². The summed E-state index contributed by atoms with van der Waals surface area (Å²) in [5, 5.41) is 0.913. The van der Waals surface area contributed by atoms with Crippen LogP contribution in [0.1, 0.15) is 28.9 Å². The second-order valence-corrected chi connectivity index (χ2v) is 7.76. The Kier molecular flexibility index (Phi) is 4.87. The van der Waals surface area contributed by atoms with E-state index in [9.17, 15) is 4.79 Å². The molecule has 2 heterocycles. The lowest BCUT2D eigenvalue weighted by molar-refractivity contribution is 0.0781. The molecule has 1 amide bonds. The SMILES string of the molecule is Cc1cc(C(=O)N2CC3CCC(N)C3C2)c2cc(Br)ccc2n1.Cl. The van der Waals surface area contributed by atoms with Crippen LogP contribution in [0, 0.1) is 18.8 Å². The first-order valence-corrected chi connectivity index (χ1v) is 8.94. The second kappa shape index (κ2) is 6.62. The minimum atomic E-state index is 0. The van der Waals surface area contributed by atoms with Gasteiger partial charge in [-0.1, -0.05) is 15.9 Å². The molecule has 1 aromatic heterocycles. The van der Waals surface area contributed by atoms with E-state index >= 15 is 0 Å². The molecule has 1 aliphatic heterocycles. The van der Waals surface area contributed by atoms with Crippen molar-refractivity contribution in [2.75, 3.05) is 13.1 Å². The summed E-state index contributed by atoms with van der Waals surface area (Å²) in [6.45, 7) is 3.57. The molecule has 1 aromatic carbocycles. The van der Waals surface area contributed by atoms with E-state index in [4.69, 9.17) is 5.73 Å². The van der Waals surface area contributed by atoms with Crippen molar-refractivity contribution >= 4 is 45.1 Å². The maximum atomic E-state index is 13.1. The van der Waals surface area contributed by atoms with Gasteiger partial charge in [0.1, 0.15) is 0 Å². The average molecular weight is 411 g/mol. The standard InChI is InChI=1S/C18H20BrN3O.ClH/c1-10-6-14(13-7-12(19)3-5-17(13)21-10)18(23)22-8-11-2-4-16(20)15(11)9-22;/h3,5-7,11,15-16H,2,4,8-9,20H2,1H3;1H. The third-order valence-corrected chi connectivity index (χ3v) is 5.82. The molecule has 2 fully saturated rings. The van der Waals surface area contributed by atoms with Crippen LogP contribution in [0.4, 0.5) is 0 Å². The summed E-state index contributed by atoms with van der Waals surface area (Å²) in [6, 6.07) is 8.06. The topological polar surface area (TPSA) is 59.2 Å². The average Bonchev–Trinajstić information content (AvgIpc) is 3.09. The fourth-order valence-corrected chi connectivity index (χ4v) is 4.51. The van der Waals surface area contributed by atoms with E-state index in [1.165, 1.54) is 0 Å². The van der Waals surface area contributed by atoms with Gasteiger partial charge in [-0.15, -0.1) is 12.4 Å². The van der Waals surface area contributed by atoms with Gasteiger partial charge in [-0.25, -0.2) is 0 Å². The molecule has 1 aliphatic carbocycles. The summed E-state index contributed by atoms with van der Waals surface area (Å²) < 4.78 is 0.963. The molecule has 0 bridgehead atoms. The van der Waals surface area contributed by atoms with Crippen LogP contribution in [0.3, 0.4) is 0 Å². The highest BCUT2D eigenvalue weighted by Crippen LogP contribution is 2.38. The normalized spacial score (nSPS) is 25.6. The Labute approximate surface area is 156 Å². The predicted molar refractivity (Wildman–Crippen MR) is 102 cm³/mol. The molecule has 6 heteroatoms. The summed E-state index contributed by atoms with van der Waals surface area (Å²) in [4.78, 5) is 19.6. The van der Waals surface area contributed by atoms with Crippen LogP contribution < -0.4 is 5.73 Å². The molecule has 24 heavy (non-hydrogen) atoms. The molecule has 3 atom stereocenters. The van der Waals surface area contributed by atoms with E-state index in [0.29, 0.717) is 11.8 Å². The number of carbonyl (C=O) groups excluding carboxylic acids is 1. The molecule has 1 saturated carbocycles. The molecule has 2 aliphatic rings. The largest absolute Gasteiger partial charge is 0.338 e. The summed E-state index contributed by atoms with van der Waals surface area (Å²) in [6.07, 6.45) is 2.25. The first-order chi connectivity index (χ1) is 11.0. The Morgan fingerprint density at radius 3 is 2.83 bits per heavy atom. The number of carbonyl (C=O) groups is 1. The molecular weight excluding hydrogens is 390 g/mol. The number of fused-ring (bicyclic) bond motifs is 2. The Bertz CT molecular complexity index is 797. The van der Waals surface area contributed by atoms with E-state index in [1.807, 2.05) is 36.1 Å². The number of aromatic nitrogens is 1. The van der Waals surface area contributed by atoms with Gasteiger partial charge in [-0.3, -0.25) is 9.78 Å². The van der Waals surface area contributed by atoms with E-state index < -0.39 is 0 Å². The molecular formula is C18H21BrClN3O. The third kappa shape index (κ3) is 2.93. The molecule has 2 aromatic rings. The van der Waals surface area contributed by atoms with Crippen molar-refractivity contribution in [2.45, 2.75) is 25.8 Å². The summed E-state index contributed by atoms with van der Waals surface area (Å²) in [5.41, 5.74) is 8.70. The van der Waals surface area contributed by atoms with Gasteiger partial charge >= 0.3 is 0 Å². The smallest absolute Gasteiger partial charge is 0.254 e. The number of aryl methyl sites for hydroxylation is 1. The summed E-state index contributed by atoms with van der Waals surface area (Å²) >= 11 is 3.50. The number of nitrogens with zero attached hydrogens (tertiary/aromatic N) is 2. The lowest BCUT2D eigenvalue weighted by Crippen LogP contribution is -2.33. The lowest BCUT2D eigenvalue weighted by atomic mass is 9.98. The highest BCUT2D eigenvalue weighted by molar-refractivity contribution is 9.10. The number of hydrogen-bond acceptors (Lipinski definition) is 3. The third-order valence-electron chi connectivity index (χ3n) is 5.33. The number of pyridine rings is 1. The molecule has 1 saturated heterocycles. The van der Waals surface area contributed by atoms with Gasteiger partial charge in [-0.05, 0) is 55.9 Å². The van der Waals surface area contributed by atoms with Gasteiger partial charge in [0.05, 0.1) is 11.1 Å². The Morgan fingerprint density at radius 2 is 2.08 bits per heavy atom. The zero-order valence-electron chi connectivity index (χ0n) is 13.5. The molecule has 3 unspecified atom stereocenters. The van der Waals surface area contributed by atoms with Gasteiger partial charge in [-0.2, -0.15) is 0 Å². The number of likely N-dealkylation sites (tertiary alicyclic amines) is 1. The second-order valence-electron chi connectivity index (χ2n) is 6.85. The monoisotopic (exact) mass is 409 g/mol. The van der Waals surface area contributed by atoms with Gasteiger partial charge < -0.3 is 10.6 Å². The summed E-state index contributed by atoms with van der Waals surface area (Å²) in [7, 11) is 0.